The van der Waals surface area contributed by atoms with E-state index in [1.54, 1.807) is 0 Å². The Hall–Kier alpha value is -0.950. The molecular weight excluding hydrogens is 480 g/mol. The van der Waals surface area contributed by atoms with Gasteiger partial charge in [0.2, 0.25) is 0 Å². The van der Waals surface area contributed by atoms with Crippen LogP contribution in [0.25, 0.3) is 0 Å². The minimum atomic E-state index is -1.07. The molecule has 0 bridgehead atoms. The van der Waals surface area contributed by atoms with E-state index in [1.165, 1.54) is 12.7 Å². The van der Waals surface area contributed by atoms with Crippen molar-refractivity contribution < 1.29 is 30.0 Å². The fourth-order valence-electron chi connectivity index (χ4n) is 11.5. The van der Waals surface area contributed by atoms with Gasteiger partial charge in [0.15, 0.2) is 0 Å². The molecule has 5 rings (SSSR count). The SMILES string of the molecule is COC(=O)C12CCC(C)(C)C(C)C1C1=CCC3C4(C)CC(O)C(O)C(C)(CO)C4C(O)CC3(C)C1(C)CC2. The molecule has 216 valence electrons. The average Bonchev–Trinajstić information content (AvgIpc) is 2.84. The summed E-state index contributed by atoms with van der Waals surface area (Å²) in [6, 6.07) is 0. The highest BCUT2D eigenvalue weighted by Crippen LogP contribution is 2.76. The third-order valence-electron chi connectivity index (χ3n) is 14.0. The summed E-state index contributed by atoms with van der Waals surface area (Å²) in [4.78, 5) is 13.5. The Morgan fingerprint density at radius 1 is 0.974 bits per heavy atom. The molecule has 4 fully saturated rings. The van der Waals surface area contributed by atoms with E-state index in [2.05, 4.69) is 47.6 Å². The van der Waals surface area contributed by atoms with E-state index in [9.17, 15) is 25.2 Å². The molecule has 5 aliphatic rings. The molecule has 0 aliphatic heterocycles. The van der Waals surface area contributed by atoms with Gasteiger partial charge in [-0.2, -0.15) is 0 Å². The predicted molar refractivity (Wildman–Crippen MR) is 146 cm³/mol. The number of aliphatic hydroxyl groups is 4. The van der Waals surface area contributed by atoms with E-state index in [-0.39, 0.29) is 46.6 Å². The molecule has 6 heteroatoms. The first-order valence-corrected chi connectivity index (χ1v) is 14.9. The molecule has 0 aromatic heterocycles. The molecule has 0 aromatic carbocycles. The molecule has 6 nitrogen and oxygen atoms in total. The van der Waals surface area contributed by atoms with Crippen LogP contribution in [-0.4, -0.2) is 58.4 Å². The molecule has 0 aromatic rings. The van der Waals surface area contributed by atoms with Gasteiger partial charge in [0.1, 0.15) is 0 Å². The summed E-state index contributed by atoms with van der Waals surface area (Å²) < 4.78 is 5.49. The maximum Gasteiger partial charge on any atom is 0.312 e. The maximum absolute atomic E-state index is 13.5. The zero-order valence-electron chi connectivity index (χ0n) is 24.9. The number of aliphatic hydroxyl groups excluding tert-OH is 4. The van der Waals surface area contributed by atoms with Gasteiger partial charge < -0.3 is 25.2 Å². The molecule has 38 heavy (non-hydrogen) atoms. The van der Waals surface area contributed by atoms with Gasteiger partial charge in [-0.05, 0) is 84.4 Å². The highest BCUT2D eigenvalue weighted by atomic mass is 16.5. The second kappa shape index (κ2) is 8.53. The van der Waals surface area contributed by atoms with Gasteiger partial charge in [0.05, 0.1) is 37.4 Å². The van der Waals surface area contributed by atoms with Gasteiger partial charge in [-0.3, -0.25) is 4.79 Å². The van der Waals surface area contributed by atoms with Gasteiger partial charge in [-0.15, -0.1) is 0 Å². The Labute approximate surface area is 229 Å². The lowest BCUT2D eigenvalue weighted by Gasteiger charge is -2.72. The lowest BCUT2D eigenvalue weighted by Crippen LogP contribution is -2.71. The molecule has 0 saturated heterocycles. The monoisotopic (exact) mass is 532 g/mol. The van der Waals surface area contributed by atoms with Crippen LogP contribution in [-0.2, 0) is 9.53 Å². The van der Waals surface area contributed by atoms with Gasteiger partial charge in [0, 0.05) is 11.3 Å². The van der Waals surface area contributed by atoms with Crippen LogP contribution in [0.3, 0.4) is 0 Å². The summed E-state index contributed by atoms with van der Waals surface area (Å²) in [5.74, 6) is 0.184. The highest BCUT2D eigenvalue weighted by molar-refractivity contribution is 5.78. The average molecular weight is 533 g/mol. The van der Waals surface area contributed by atoms with Crippen molar-refractivity contribution >= 4 is 5.97 Å². The number of carbonyl (C=O) groups excluding carboxylic acids is 1. The number of carbonyl (C=O) groups is 1. The van der Waals surface area contributed by atoms with Crippen LogP contribution >= 0.6 is 0 Å². The van der Waals surface area contributed by atoms with Crippen molar-refractivity contribution in [3.63, 3.8) is 0 Å². The molecule has 0 heterocycles. The van der Waals surface area contributed by atoms with Crippen LogP contribution in [0.1, 0.15) is 93.4 Å². The van der Waals surface area contributed by atoms with Gasteiger partial charge in [-0.1, -0.05) is 60.1 Å². The summed E-state index contributed by atoms with van der Waals surface area (Å²) >= 11 is 0. The van der Waals surface area contributed by atoms with Crippen LogP contribution in [0, 0.1) is 56.2 Å². The van der Waals surface area contributed by atoms with Gasteiger partial charge in [0.25, 0.3) is 0 Å². The molecule has 0 amide bonds. The van der Waals surface area contributed by atoms with E-state index < -0.39 is 34.6 Å². The summed E-state index contributed by atoms with van der Waals surface area (Å²) in [7, 11) is 1.53. The number of ether oxygens (including phenoxy) is 1. The van der Waals surface area contributed by atoms with Crippen molar-refractivity contribution in [3.05, 3.63) is 11.6 Å². The summed E-state index contributed by atoms with van der Waals surface area (Å²) in [6.45, 7) is 15.4. The molecule has 5 aliphatic carbocycles. The lowest BCUT2D eigenvalue weighted by atomic mass is 9.32. The van der Waals surface area contributed by atoms with Crippen LogP contribution in [0.4, 0.5) is 0 Å². The lowest BCUT2D eigenvalue weighted by molar-refractivity contribution is -0.274. The van der Waals surface area contributed by atoms with Crippen molar-refractivity contribution in [3.8, 4) is 0 Å². The van der Waals surface area contributed by atoms with Crippen LogP contribution in [0.2, 0.25) is 0 Å². The largest absolute Gasteiger partial charge is 0.469 e. The normalized spacial score (nSPS) is 55.5. The molecule has 4 saturated carbocycles. The van der Waals surface area contributed by atoms with E-state index in [4.69, 9.17) is 4.74 Å². The van der Waals surface area contributed by atoms with Crippen molar-refractivity contribution in [1.82, 2.24) is 0 Å². The number of hydrogen-bond acceptors (Lipinski definition) is 6. The summed E-state index contributed by atoms with van der Waals surface area (Å²) in [5.41, 5.74) is -0.930. The number of esters is 1. The number of fused-ring (bicyclic) bond motifs is 7. The Bertz CT molecular complexity index is 1020. The fraction of sp³-hybridized carbons (Fsp3) is 0.906. The van der Waals surface area contributed by atoms with Crippen molar-refractivity contribution in [2.75, 3.05) is 13.7 Å². The third-order valence-corrected chi connectivity index (χ3v) is 14.0. The number of rotatable bonds is 2. The maximum atomic E-state index is 13.5. The summed E-state index contributed by atoms with van der Waals surface area (Å²) in [5, 5.41) is 44.4. The fourth-order valence-corrected chi connectivity index (χ4v) is 11.5. The molecule has 12 unspecified atom stereocenters. The first-order valence-electron chi connectivity index (χ1n) is 14.9. The van der Waals surface area contributed by atoms with Gasteiger partial charge in [-0.25, -0.2) is 0 Å². The standard InChI is InChI=1S/C32H52O6/c1-18-23-19-9-10-22-28(4)15-21(35)25(36)29(5,17-33)24(28)20(34)16-31(22,7)30(19,6)12-14-32(23,26(37)38-8)13-11-27(18,2)3/h9,18,20-25,33-36H,10-17H2,1-8H3. The number of methoxy groups -OCH3 is 1. The van der Waals surface area contributed by atoms with Crippen molar-refractivity contribution in [2.45, 2.75) is 112 Å². The van der Waals surface area contributed by atoms with Crippen LogP contribution in [0.15, 0.2) is 11.6 Å². The van der Waals surface area contributed by atoms with Crippen LogP contribution in [0.5, 0.6) is 0 Å². The van der Waals surface area contributed by atoms with Crippen molar-refractivity contribution in [2.24, 2.45) is 56.2 Å². The first kappa shape index (κ1) is 28.6. The Morgan fingerprint density at radius 2 is 1.61 bits per heavy atom. The highest BCUT2D eigenvalue weighted by Gasteiger charge is 2.73. The number of hydrogen-bond donors (Lipinski definition) is 4. The number of allylic oxidation sites excluding steroid dienone is 2. The minimum absolute atomic E-state index is 0.0705. The Balaban J connectivity index is 1.66. The topological polar surface area (TPSA) is 107 Å². The van der Waals surface area contributed by atoms with E-state index >= 15 is 0 Å². The molecule has 0 radical (unpaired) electrons. The van der Waals surface area contributed by atoms with Gasteiger partial charge >= 0.3 is 5.97 Å². The quantitative estimate of drug-likeness (QED) is 0.309. The Kier molecular flexibility index (Phi) is 6.42. The molecule has 4 N–H and O–H groups in total. The smallest absolute Gasteiger partial charge is 0.312 e. The zero-order valence-corrected chi connectivity index (χ0v) is 24.9. The molecular formula is C32H52O6. The van der Waals surface area contributed by atoms with E-state index in [1.807, 2.05) is 6.92 Å². The molecule has 0 spiro atoms. The first-order chi connectivity index (χ1) is 17.5. The third kappa shape index (κ3) is 3.24. The summed E-state index contributed by atoms with van der Waals surface area (Å²) in [6.07, 6.45) is 5.00. The van der Waals surface area contributed by atoms with E-state index in [0.717, 1.165) is 32.1 Å². The van der Waals surface area contributed by atoms with Crippen LogP contribution < -0.4 is 0 Å². The van der Waals surface area contributed by atoms with E-state index in [0.29, 0.717) is 18.8 Å². The second-order valence-electron chi connectivity index (χ2n) is 15.7. The minimum Gasteiger partial charge on any atom is -0.469 e. The zero-order chi connectivity index (χ0) is 28.3. The molecule has 12 atom stereocenters. The Morgan fingerprint density at radius 3 is 2.21 bits per heavy atom. The van der Waals surface area contributed by atoms with Crippen molar-refractivity contribution in [1.29, 1.82) is 0 Å². The predicted octanol–water partition coefficient (Wildman–Crippen LogP) is 4.48. The second-order valence-corrected chi connectivity index (χ2v) is 15.7.